The van der Waals surface area contributed by atoms with Gasteiger partial charge in [-0.05, 0) is 43.7 Å². The molecule has 23 heavy (non-hydrogen) atoms. The van der Waals surface area contributed by atoms with Crippen molar-refractivity contribution in [3.8, 4) is 5.75 Å². The van der Waals surface area contributed by atoms with E-state index >= 15 is 0 Å². The Hall–Kier alpha value is -1.26. The van der Waals surface area contributed by atoms with Crippen LogP contribution < -0.4 is 15.8 Å². The summed E-state index contributed by atoms with van der Waals surface area (Å²) in [6.45, 7) is 4.53. The Labute approximate surface area is 145 Å². The van der Waals surface area contributed by atoms with Crippen LogP contribution in [0.4, 0.5) is 0 Å². The first-order valence-corrected chi connectivity index (χ1v) is 8.30. The largest absolute Gasteiger partial charge is 0.483 e. The van der Waals surface area contributed by atoms with Gasteiger partial charge in [0, 0.05) is 12.6 Å². The molecule has 1 aliphatic carbocycles. The maximum Gasteiger partial charge on any atom is 0.258 e. The summed E-state index contributed by atoms with van der Waals surface area (Å²) in [5.74, 6) is 1.24. The van der Waals surface area contributed by atoms with E-state index in [0.717, 1.165) is 16.9 Å². The Morgan fingerprint density at radius 2 is 1.87 bits per heavy atom. The summed E-state index contributed by atoms with van der Waals surface area (Å²) in [6.07, 6.45) is 6.13. The van der Waals surface area contributed by atoms with Gasteiger partial charge in [-0.2, -0.15) is 0 Å². The van der Waals surface area contributed by atoms with E-state index in [9.17, 15) is 4.79 Å². The van der Waals surface area contributed by atoms with E-state index in [1.54, 1.807) is 0 Å². The van der Waals surface area contributed by atoms with E-state index in [-0.39, 0.29) is 31.0 Å². The molecule has 1 unspecified atom stereocenters. The molecule has 0 bridgehead atoms. The van der Waals surface area contributed by atoms with Crippen LogP contribution in [-0.4, -0.2) is 25.1 Å². The number of hydrogen-bond donors (Lipinski definition) is 2. The van der Waals surface area contributed by atoms with Crippen LogP contribution in [-0.2, 0) is 4.79 Å². The maximum absolute atomic E-state index is 12.2. The van der Waals surface area contributed by atoms with Gasteiger partial charge >= 0.3 is 0 Å². The third kappa shape index (κ3) is 5.70. The number of halogens is 1. The summed E-state index contributed by atoms with van der Waals surface area (Å²) in [7, 11) is 0. The van der Waals surface area contributed by atoms with Gasteiger partial charge in [0.2, 0.25) is 0 Å². The standard InChI is InChI=1S/C18H28N2O2.ClH/c1-13-7-6-8-14(2)18(13)22-12-17(21)20-16(11-19)15-9-4-3-5-10-15;/h6-8,15-16H,3-5,9-12,19H2,1-2H3,(H,20,21);1H. The molecule has 0 radical (unpaired) electrons. The molecule has 1 saturated carbocycles. The van der Waals surface area contributed by atoms with Gasteiger partial charge in [-0.3, -0.25) is 4.79 Å². The number of amides is 1. The molecule has 0 spiro atoms. The third-order valence-corrected chi connectivity index (χ3v) is 4.58. The summed E-state index contributed by atoms with van der Waals surface area (Å²) >= 11 is 0. The molecule has 0 heterocycles. The van der Waals surface area contributed by atoms with E-state index in [0.29, 0.717) is 12.5 Å². The average Bonchev–Trinajstić information content (AvgIpc) is 2.53. The monoisotopic (exact) mass is 340 g/mol. The van der Waals surface area contributed by atoms with Crippen LogP contribution in [0.1, 0.15) is 43.2 Å². The van der Waals surface area contributed by atoms with Gasteiger partial charge in [0.25, 0.3) is 5.91 Å². The number of rotatable bonds is 6. The smallest absolute Gasteiger partial charge is 0.258 e. The first-order valence-electron chi connectivity index (χ1n) is 8.30. The van der Waals surface area contributed by atoms with Crippen molar-refractivity contribution in [3.05, 3.63) is 29.3 Å². The second kappa shape index (κ2) is 9.78. The molecular weight excluding hydrogens is 312 g/mol. The van der Waals surface area contributed by atoms with Crippen molar-refractivity contribution in [3.63, 3.8) is 0 Å². The zero-order valence-corrected chi connectivity index (χ0v) is 15.0. The predicted octanol–water partition coefficient (Wildman–Crippen LogP) is 3.13. The van der Waals surface area contributed by atoms with Crippen molar-refractivity contribution >= 4 is 18.3 Å². The summed E-state index contributed by atoms with van der Waals surface area (Å²) < 4.78 is 5.71. The highest BCUT2D eigenvalue weighted by Crippen LogP contribution is 2.26. The van der Waals surface area contributed by atoms with Crippen LogP contribution >= 0.6 is 12.4 Å². The van der Waals surface area contributed by atoms with Crippen LogP contribution in [0.5, 0.6) is 5.75 Å². The van der Waals surface area contributed by atoms with Crippen LogP contribution in [0.3, 0.4) is 0 Å². The number of carbonyl (C=O) groups excluding carboxylic acids is 1. The number of nitrogens with one attached hydrogen (secondary N) is 1. The van der Waals surface area contributed by atoms with Crippen LogP contribution in [0.15, 0.2) is 18.2 Å². The highest BCUT2D eigenvalue weighted by Gasteiger charge is 2.24. The Kier molecular flexibility index (Phi) is 8.42. The zero-order chi connectivity index (χ0) is 15.9. The molecule has 5 heteroatoms. The Balaban J connectivity index is 0.00000264. The molecule has 0 aliphatic heterocycles. The summed E-state index contributed by atoms with van der Waals surface area (Å²) in [5.41, 5.74) is 7.95. The molecular formula is C18H29ClN2O2. The molecule has 1 fully saturated rings. The predicted molar refractivity (Wildman–Crippen MR) is 96.2 cm³/mol. The average molecular weight is 341 g/mol. The summed E-state index contributed by atoms with van der Waals surface area (Å²) in [4.78, 5) is 12.2. The molecule has 1 aliphatic rings. The van der Waals surface area contributed by atoms with Gasteiger partial charge in [0.1, 0.15) is 5.75 Å². The number of para-hydroxylation sites is 1. The molecule has 1 aromatic carbocycles. The lowest BCUT2D eigenvalue weighted by Crippen LogP contribution is -2.47. The lowest BCUT2D eigenvalue weighted by molar-refractivity contribution is -0.124. The molecule has 2 rings (SSSR count). The molecule has 1 amide bonds. The van der Waals surface area contributed by atoms with Gasteiger partial charge in [-0.25, -0.2) is 0 Å². The van der Waals surface area contributed by atoms with Gasteiger partial charge in [0.15, 0.2) is 6.61 Å². The minimum Gasteiger partial charge on any atom is -0.483 e. The Bertz CT molecular complexity index is 482. The lowest BCUT2D eigenvalue weighted by atomic mass is 9.84. The molecule has 3 N–H and O–H groups in total. The number of carbonyl (C=O) groups is 1. The number of nitrogens with two attached hydrogens (primary N) is 1. The number of hydrogen-bond acceptors (Lipinski definition) is 3. The second-order valence-electron chi connectivity index (χ2n) is 6.32. The third-order valence-electron chi connectivity index (χ3n) is 4.58. The number of aryl methyl sites for hydroxylation is 2. The van der Waals surface area contributed by atoms with Gasteiger partial charge < -0.3 is 15.8 Å². The second-order valence-corrected chi connectivity index (χ2v) is 6.32. The minimum absolute atomic E-state index is 0. The molecule has 1 aromatic rings. The van der Waals surface area contributed by atoms with Crippen LogP contribution in [0.2, 0.25) is 0 Å². The Morgan fingerprint density at radius 3 is 2.43 bits per heavy atom. The summed E-state index contributed by atoms with van der Waals surface area (Å²) in [6, 6.07) is 6.05. The molecule has 130 valence electrons. The van der Waals surface area contributed by atoms with Crippen molar-refractivity contribution in [2.24, 2.45) is 11.7 Å². The first kappa shape index (κ1) is 19.8. The SMILES string of the molecule is Cc1cccc(C)c1OCC(=O)NC(CN)C1CCCCC1.Cl. The van der Waals surface area contributed by atoms with Gasteiger partial charge in [-0.1, -0.05) is 37.5 Å². The summed E-state index contributed by atoms with van der Waals surface area (Å²) in [5, 5.41) is 3.06. The molecule has 4 nitrogen and oxygen atoms in total. The van der Waals surface area contributed by atoms with Crippen LogP contribution in [0, 0.1) is 19.8 Å². The van der Waals surface area contributed by atoms with E-state index in [1.165, 1.54) is 32.1 Å². The van der Waals surface area contributed by atoms with Crippen molar-refractivity contribution in [2.75, 3.05) is 13.2 Å². The highest BCUT2D eigenvalue weighted by atomic mass is 35.5. The topological polar surface area (TPSA) is 64.3 Å². The van der Waals surface area contributed by atoms with Crippen molar-refractivity contribution in [2.45, 2.75) is 52.0 Å². The van der Waals surface area contributed by atoms with E-state index in [1.807, 2.05) is 32.0 Å². The first-order chi connectivity index (χ1) is 10.6. The highest BCUT2D eigenvalue weighted by molar-refractivity contribution is 5.85. The van der Waals surface area contributed by atoms with E-state index in [4.69, 9.17) is 10.5 Å². The van der Waals surface area contributed by atoms with Gasteiger partial charge in [0.05, 0.1) is 0 Å². The zero-order valence-electron chi connectivity index (χ0n) is 14.1. The number of benzene rings is 1. The fraction of sp³-hybridized carbons (Fsp3) is 0.611. The fourth-order valence-electron chi connectivity index (χ4n) is 3.32. The van der Waals surface area contributed by atoms with Gasteiger partial charge in [-0.15, -0.1) is 12.4 Å². The maximum atomic E-state index is 12.2. The fourth-order valence-corrected chi connectivity index (χ4v) is 3.32. The lowest BCUT2D eigenvalue weighted by Gasteiger charge is -2.30. The normalized spacial score (nSPS) is 16.3. The van der Waals surface area contributed by atoms with E-state index < -0.39 is 0 Å². The van der Waals surface area contributed by atoms with Crippen molar-refractivity contribution < 1.29 is 9.53 Å². The number of ether oxygens (including phenoxy) is 1. The van der Waals surface area contributed by atoms with Crippen LogP contribution in [0.25, 0.3) is 0 Å². The molecule has 0 aromatic heterocycles. The molecule has 1 atom stereocenters. The van der Waals surface area contributed by atoms with Crippen molar-refractivity contribution in [1.29, 1.82) is 0 Å². The quantitative estimate of drug-likeness (QED) is 0.836. The minimum atomic E-state index is -0.0799. The van der Waals surface area contributed by atoms with E-state index in [2.05, 4.69) is 5.32 Å². The molecule has 0 saturated heterocycles. The van der Waals surface area contributed by atoms with Crippen molar-refractivity contribution in [1.82, 2.24) is 5.32 Å². The Morgan fingerprint density at radius 1 is 1.26 bits per heavy atom.